The largest absolute Gasteiger partial charge is 0.476 e. The minimum absolute atomic E-state index is 0.0171. The molecule has 252 valence electrons. The van der Waals surface area contributed by atoms with E-state index >= 15 is 0 Å². The van der Waals surface area contributed by atoms with Gasteiger partial charge in [-0.1, -0.05) is 76.3 Å². The summed E-state index contributed by atoms with van der Waals surface area (Å²) in [5.74, 6) is 1.05. The molecule has 2 aromatic carbocycles. The standard InChI is InChI=1S/C27H37N3O3.C7H8O3S.C2H6/c1-2-17-10-11-20(28-21-13-18-6-5-7-19(12-18)14-21)16-22(15-17)30-24-9-4-3-8-23(24)29-25(26(30)31)27(32)33;1-6-2-4-7(5-3-6)11(8,9)10;1-2/h3-4,8-9,17-22,28H,2,5-7,10-16H2,1H3,(H,32,33);2-5H,1H3,(H,8,9,10);1-2H3. The van der Waals surface area contributed by atoms with Crippen molar-refractivity contribution in [2.75, 3.05) is 0 Å². The zero-order chi connectivity index (χ0) is 33.4. The molecule has 0 spiro atoms. The van der Waals surface area contributed by atoms with Crippen LogP contribution in [0.2, 0.25) is 0 Å². The number of aromatic carboxylic acids is 1. The molecule has 3 aliphatic rings. The third-order valence-corrected chi connectivity index (χ3v) is 10.8. The second kappa shape index (κ2) is 16.2. The summed E-state index contributed by atoms with van der Waals surface area (Å²) in [5, 5.41) is 13.7. The van der Waals surface area contributed by atoms with E-state index in [1.807, 2.05) is 45.0 Å². The summed E-state index contributed by atoms with van der Waals surface area (Å²) < 4.78 is 31.3. The quantitative estimate of drug-likeness (QED) is 0.184. The Hall–Kier alpha value is -3.08. The van der Waals surface area contributed by atoms with Crippen LogP contribution >= 0.6 is 0 Å². The van der Waals surface area contributed by atoms with Crippen LogP contribution in [0.5, 0.6) is 0 Å². The summed E-state index contributed by atoms with van der Waals surface area (Å²) in [4.78, 5) is 29.3. The predicted molar refractivity (Wildman–Crippen MR) is 182 cm³/mol. The summed E-state index contributed by atoms with van der Waals surface area (Å²) in [6.45, 7) is 8.07. The Morgan fingerprint density at radius 3 is 2.17 bits per heavy atom. The highest BCUT2D eigenvalue weighted by atomic mass is 32.2. The van der Waals surface area contributed by atoms with Gasteiger partial charge in [-0.25, -0.2) is 9.78 Å². The lowest BCUT2D eigenvalue weighted by Gasteiger charge is -2.41. The fourth-order valence-corrected chi connectivity index (χ4v) is 8.26. The number of carboxylic acid groups (broad SMARTS) is 1. The lowest BCUT2D eigenvalue weighted by atomic mass is 9.70. The lowest BCUT2D eigenvalue weighted by Crippen LogP contribution is -2.45. The predicted octanol–water partition coefficient (Wildman–Crippen LogP) is 7.43. The van der Waals surface area contributed by atoms with Gasteiger partial charge in [0.2, 0.25) is 5.69 Å². The van der Waals surface area contributed by atoms with Gasteiger partial charge in [-0.2, -0.15) is 8.42 Å². The van der Waals surface area contributed by atoms with E-state index < -0.39 is 21.6 Å². The fourth-order valence-electron chi connectivity index (χ4n) is 7.78. The summed E-state index contributed by atoms with van der Waals surface area (Å²) in [5.41, 5.74) is 1.46. The van der Waals surface area contributed by atoms with E-state index in [-0.39, 0.29) is 16.6 Å². The first-order chi connectivity index (χ1) is 22.0. The maximum atomic E-state index is 13.4. The summed E-state index contributed by atoms with van der Waals surface area (Å²) >= 11 is 0. The van der Waals surface area contributed by atoms with Crippen LogP contribution in [0.4, 0.5) is 0 Å². The molecule has 9 nitrogen and oxygen atoms in total. The third kappa shape index (κ3) is 9.04. The molecule has 6 rings (SSSR count). The van der Waals surface area contributed by atoms with E-state index in [0.29, 0.717) is 23.5 Å². The van der Waals surface area contributed by atoms with Crippen molar-refractivity contribution in [2.24, 2.45) is 17.8 Å². The van der Waals surface area contributed by atoms with Crippen LogP contribution in [0, 0.1) is 24.7 Å². The van der Waals surface area contributed by atoms with E-state index in [1.54, 1.807) is 16.7 Å². The number of rotatable bonds is 6. The van der Waals surface area contributed by atoms with Crippen LogP contribution in [0.1, 0.15) is 113 Å². The van der Waals surface area contributed by atoms with Gasteiger partial charge in [-0.15, -0.1) is 0 Å². The van der Waals surface area contributed by atoms with E-state index in [2.05, 4.69) is 17.2 Å². The number of benzene rings is 2. The normalized spacial score (nSPS) is 26.1. The van der Waals surface area contributed by atoms with E-state index in [9.17, 15) is 23.1 Å². The lowest BCUT2D eigenvalue weighted by molar-refractivity contribution is 0.0687. The molecule has 10 heteroatoms. The van der Waals surface area contributed by atoms with Crippen molar-refractivity contribution in [1.82, 2.24) is 14.9 Å². The smallest absolute Gasteiger partial charge is 0.360 e. The average molecular weight is 654 g/mol. The summed E-state index contributed by atoms with van der Waals surface area (Å²) in [6.07, 6.45) is 13.3. The van der Waals surface area contributed by atoms with Gasteiger partial charge in [0.15, 0.2) is 0 Å². The molecule has 1 aromatic heterocycles. The highest BCUT2D eigenvalue weighted by molar-refractivity contribution is 7.85. The number of nitrogens with zero attached hydrogens (tertiary/aromatic N) is 2. The Labute approximate surface area is 273 Å². The molecular formula is C36H51N3O6S. The second-order valence-electron chi connectivity index (χ2n) is 13.1. The SMILES string of the molecule is CC.CCC1CCC(NC2CC3CCCC(C3)C2)CC(n2c(=O)c(C(=O)O)nc3ccccc32)C1.Cc1ccc(S(=O)(=O)O)cc1. The monoisotopic (exact) mass is 653 g/mol. The molecule has 46 heavy (non-hydrogen) atoms. The van der Waals surface area contributed by atoms with Gasteiger partial charge < -0.3 is 15.0 Å². The van der Waals surface area contributed by atoms with Crippen LogP contribution in [0.3, 0.4) is 0 Å². The molecule has 1 heterocycles. The van der Waals surface area contributed by atoms with Crippen LogP contribution in [-0.2, 0) is 10.1 Å². The molecule has 3 fully saturated rings. The molecule has 3 saturated carbocycles. The number of aryl methyl sites for hydroxylation is 1. The highest BCUT2D eigenvalue weighted by Crippen LogP contribution is 2.41. The minimum atomic E-state index is -4.02. The van der Waals surface area contributed by atoms with Gasteiger partial charge in [-0.3, -0.25) is 9.35 Å². The number of para-hydroxylation sites is 2. The molecule has 3 aliphatic carbocycles. The Morgan fingerprint density at radius 2 is 1.57 bits per heavy atom. The summed E-state index contributed by atoms with van der Waals surface area (Å²) in [6, 6.07) is 14.4. The maximum Gasteiger partial charge on any atom is 0.360 e. The van der Waals surface area contributed by atoms with Crippen molar-refractivity contribution in [3.05, 3.63) is 70.1 Å². The molecule has 0 saturated heterocycles. The van der Waals surface area contributed by atoms with Gasteiger partial charge in [0.05, 0.1) is 15.9 Å². The maximum absolute atomic E-state index is 13.4. The number of nitrogens with one attached hydrogen (secondary N) is 1. The van der Waals surface area contributed by atoms with Crippen molar-refractivity contribution in [1.29, 1.82) is 0 Å². The molecule has 0 radical (unpaired) electrons. The molecular weight excluding hydrogens is 602 g/mol. The number of aromatic nitrogens is 2. The van der Waals surface area contributed by atoms with Crippen molar-refractivity contribution in [3.8, 4) is 0 Å². The topological polar surface area (TPSA) is 139 Å². The second-order valence-corrected chi connectivity index (χ2v) is 14.5. The highest BCUT2D eigenvalue weighted by Gasteiger charge is 2.35. The first-order valence-corrected chi connectivity index (χ1v) is 18.5. The van der Waals surface area contributed by atoms with E-state index in [0.717, 1.165) is 55.0 Å². The Balaban J connectivity index is 0.000000312. The third-order valence-electron chi connectivity index (χ3n) is 9.94. The van der Waals surface area contributed by atoms with Gasteiger partial charge in [-0.05, 0) is 93.9 Å². The number of carbonyl (C=O) groups is 1. The molecule has 3 aromatic rings. The molecule has 5 atom stereocenters. The number of carboxylic acids is 1. The summed E-state index contributed by atoms with van der Waals surface area (Å²) in [7, 11) is -4.02. The van der Waals surface area contributed by atoms with Crippen LogP contribution in [0.15, 0.2) is 58.2 Å². The zero-order valence-electron chi connectivity index (χ0n) is 27.7. The molecule has 0 aliphatic heterocycles. The van der Waals surface area contributed by atoms with Gasteiger partial charge in [0, 0.05) is 18.1 Å². The number of fused-ring (bicyclic) bond motifs is 3. The van der Waals surface area contributed by atoms with E-state index in [1.165, 1.54) is 50.7 Å². The van der Waals surface area contributed by atoms with Crippen LogP contribution < -0.4 is 10.9 Å². The molecule has 5 unspecified atom stereocenters. The van der Waals surface area contributed by atoms with Crippen molar-refractivity contribution >= 4 is 27.1 Å². The fraction of sp³-hybridized carbons (Fsp3) is 0.583. The van der Waals surface area contributed by atoms with Gasteiger partial charge in [0.25, 0.3) is 15.7 Å². The van der Waals surface area contributed by atoms with Crippen LogP contribution in [-0.4, -0.2) is 45.7 Å². The van der Waals surface area contributed by atoms with Crippen LogP contribution in [0.25, 0.3) is 11.0 Å². The minimum Gasteiger partial charge on any atom is -0.476 e. The van der Waals surface area contributed by atoms with Crippen molar-refractivity contribution in [2.45, 2.75) is 121 Å². The molecule has 2 bridgehead atoms. The molecule has 3 N–H and O–H groups in total. The van der Waals surface area contributed by atoms with Crippen molar-refractivity contribution in [3.63, 3.8) is 0 Å². The Kier molecular flexibility index (Phi) is 12.6. The van der Waals surface area contributed by atoms with E-state index in [4.69, 9.17) is 4.55 Å². The average Bonchev–Trinajstić information content (AvgIpc) is 3.23. The van der Waals surface area contributed by atoms with Gasteiger partial charge in [0.1, 0.15) is 0 Å². The number of hydrogen-bond donors (Lipinski definition) is 3. The Bertz CT molecular complexity index is 1610. The molecule has 0 amide bonds. The van der Waals surface area contributed by atoms with Gasteiger partial charge >= 0.3 is 5.97 Å². The Morgan fingerprint density at radius 1 is 0.913 bits per heavy atom. The number of hydrogen-bond acceptors (Lipinski definition) is 6. The van der Waals surface area contributed by atoms with Crippen molar-refractivity contribution < 1.29 is 22.9 Å². The first-order valence-electron chi connectivity index (χ1n) is 17.1. The first kappa shape index (κ1) is 35.8. The zero-order valence-corrected chi connectivity index (χ0v) is 28.5.